The Hall–Kier alpha value is -1.32. The number of likely N-dealkylation sites (tertiary alicyclic amines) is 1. The van der Waals surface area contributed by atoms with Gasteiger partial charge < -0.3 is 10.2 Å². The molecule has 28 heavy (non-hydrogen) atoms. The first-order chi connectivity index (χ1) is 13.1. The van der Waals surface area contributed by atoms with Crippen LogP contribution in [-0.4, -0.2) is 39.0 Å². The van der Waals surface area contributed by atoms with Crippen molar-refractivity contribution in [3.8, 4) is 0 Å². The summed E-state index contributed by atoms with van der Waals surface area (Å²) in [6.45, 7) is 2.97. The molecule has 0 aromatic heterocycles. The number of halogens is 3. The number of anilines is 1. The van der Waals surface area contributed by atoms with Crippen molar-refractivity contribution in [2.75, 3.05) is 25.0 Å². The summed E-state index contributed by atoms with van der Waals surface area (Å²) in [6.07, 6.45) is 3.49. The van der Waals surface area contributed by atoms with E-state index in [1.807, 2.05) is 0 Å². The third kappa shape index (κ3) is 5.61. The molecule has 158 valence electrons. The molecule has 0 unspecified atom stereocenters. The molecular formula is C19H28F3N3O2S. The second-order valence-corrected chi connectivity index (χ2v) is 9.51. The van der Waals surface area contributed by atoms with E-state index >= 15 is 0 Å². The minimum Gasteiger partial charge on any atom is -0.382 e. The van der Waals surface area contributed by atoms with Gasteiger partial charge in [0.15, 0.2) is 0 Å². The topological polar surface area (TPSA) is 75.4 Å². The number of rotatable bonds is 5. The number of nitrogens with one attached hydrogen (secondary N) is 1. The van der Waals surface area contributed by atoms with E-state index in [9.17, 15) is 21.6 Å². The Balaban J connectivity index is 1.60. The van der Waals surface area contributed by atoms with Crippen molar-refractivity contribution in [2.45, 2.75) is 62.1 Å². The van der Waals surface area contributed by atoms with Crippen LogP contribution >= 0.6 is 0 Å². The molecule has 5 nitrogen and oxygen atoms in total. The first-order valence-corrected chi connectivity index (χ1v) is 11.4. The highest BCUT2D eigenvalue weighted by atomic mass is 32.2. The summed E-state index contributed by atoms with van der Waals surface area (Å²) >= 11 is 0. The molecule has 2 aliphatic rings. The molecule has 9 heteroatoms. The van der Waals surface area contributed by atoms with Crippen molar-refractivity contribution >= 4 is 15.7 Å². The van der Waals surface area contributed by atoms with Crippen LogP contribution < -0.4 is 10.5 Å². The normalized spacial score (nSPS) is 21.0. The van der Waals surface area contributed by atoms with E-state index in [0.29, 0.717) is 0 Å². The molecule has 0 radical (unpaired) electrons. The molecule has 1 aromatic carbocycles. The highest BCUT2D eigenvalue weighted by molar-refractivity contribution is 7.89. The first-order valence-electron chi connectivity index (χ1n) is 9.86. The Kier molecular flexibility index (Phi) is 6.56. The van der Waals surface area contributed by atoms with E-state index in [1.165, 1.54) is 38.2 Å². The lowest BCUT2D eigenvalue weighted by Crippen LogP contribution is -2.41. The second-order valence-electron chi connectivity index (χ2n) is 7.98. The zero-order chi connectivity index (χ0) is 20.4. The summed E-state index contributed by atoms with van der Waals surface area (Å²) < 4.78 is 62.7. The maximum Gasteiger partial charge on any atom is 0.417 e. The smallest absolute Gasteiger partial charge is 0.382 e. The highest BCUT2D eigenvalue weighted by Crippen LogP contribution is 2.36. The summed E-state index contributed by atoms with van der Waals surface area (Å²) in [4.78, 5) is 1.56. The molecule has 0 spiro atoms. The van der Waals surface area contributed by atoms with Crippen molar-refractivity contribution in [1.29, 1.82) is 0 Å². The van der Waals surface area contributed by atoms with Gasteiger partial charge in [-0.1, -0.05) is 19.3 Å². The van der Waals surface area contributed by atoms with Gasteiger partial charge in [-0.25, -0.2) is 13.6 Å². The lowest BCUT2D eigenvalue weighted by molar-refractivity contribution is -0.139. The van der Waals surface area contributed by atoms with E-state index in [1.54, 1.807) is 0 Å². The van der Waals surface area contributed by atoms with Gasteiger partial charge in [-0.2, -0.15) is 13.2 Å². The van der Waals surface area contributed by atoms with Crippen molar-refractivity contribution in [2.24, 2.45) is 11.1 Å². The molecule has 0 bridgehead atoms. The number of hydrogen-bond donors (Lipinski definition) is 2. The van der Waals surface area contributed by atoms with Gasteiger partial charge in [-0.3, -0.25) is 0 Å². The van der Waals surface area contributed by atoms with E-state index in [4.69, 9.17) is 5.14 Å². The van der Waals surface area contributed by atoms with Gasteiger partial charge in [0.25, 0.3) is 0 Å². The fourth-order valence-electron chi connectivity index (χ4n) is 4.32. The Morgan fingerprint density at radius 2 is 1.71 bits per heavy atom. The summed E-state index contributed by atoms with van der Waals surface area (Å²) in [7, 11) is -4.44. The van der Waals surface area contributed by atoms with Crippen molar-refractivity contribution < 1.29 is 21.6 Å². The van der Waals surface area contributed by atoms with Crippen LogP contribution in [0.5, 0.6) is 0 Å². The standard InChI is InChI=1S/C19H28F3N3O2S/c20-19(21,22)17-12-16(6-7-18(17)28(23,26)27)24-15-8-10-25(11-9-15)13-14-4-2-1-3-5-14/h6-7,12,14-15,24H,1-5,8-11,13H2,(H2,23,26,27). The minimum atomic E-state index is -4.79. The van der Waals surface area contributed by atoms with Crippen LogP contribution in [-0.2, 0) is 16.2 Å². The number of sulfonamides is 1. The molecule has 3 N–H and O–H groups in total. The average molecular weight is 420 g/mol. The fourth-order valence-corrected chi connectivity index (χ4v) is 5.06. The maximum atomic E-state index is 13.3. The predicted molar refractivity (Wildman–Crippen MR) is 102 cm³/mol. The zero-order valence-electron chi connectivity index (χ0n) is 15.8. The summed E-state index contributed by atoms with van der Waals surface area (Å²) in [6, 6.07) is 3.19. The highest BCUT2D eigenvalue weighted by Gasteiger charge is 2.37. The SMILES string of the molecule is NS(=O)(=O)c1ccc(NC2CCN(CC3CCCCC3)CC2)cc1C(F)(F)F. The molecule has 1 aliphatic heterocycles. The Labute approximate surface area is 164 Å². The fraction of sp³-hybridized carbons (Fsp3) is 0.684. The van der Waals surface area contributed by atoms with E-state index in [2.05, 4.69) is 10.2 Å². The van der Waals surface area contributed by atoms with Crippen molar-refractivity contribution in [3.63, 3.8) is 0 Å². The van der Waals surface area contributed by atoms with Crippen LogP contribution in [0.15, 0.2) is 23.1 Å². The summed E-state index contributed by atoms with van der Waals surface area (Å²) in [5.74, 6) is 0.776. The molecule has 1 saturated carbocycles. The number of benzene rings is 1. The summed E-state index contributed by atoms with van der Waals surface area (Å²) in [5.41, 5.74) is -0.958. The lowest BCUT2D eigenvalue weighted by Gasteiger charge is -2.36. The number of alkyl halides is 3. The van der Waals surface area contributed by atoms with Gasteiger partial charge in [0.2, 0.25) is 10.0 Å². The van der Waals surface area contributed by atoms with E-state index in [0.717, 1.165) is 50.5 Å². The molecule has 1 aliphatic carbocycles. The molecule has 0 amide bonds. The number of primary sulfonamides is 1. The van der Waals surface area contributed by atoms with Crippen molar-refractivity contribution in [1.82, 2.24) is 4.90 Å². The van der Waals surface area contributed by atoms with Gasteiger partial charge >= 0.3 is 6.18 Å². The third-order valence-corrected chi connectivity index (χ3v) is 6.76. The third-order valence-electron chi connectivity index (χ3n) is 5.79. The lowest BCUT2D eigenvalue weighted by atomic mass is 9.88. The Morgan fingerprint density at radius 1 is 1.07 bits per heavy atom. The van der Waals surface area contributed by atoms with Gasteiger partial charge in [-0.05, 0) is 49.8 Å². The van der Waals surface area contributed by atoms with Gasteiger partial charge in [0, 0.05) is 31.4 Å². The monoisotopic (exact) mass is 419 g/mol. The van der Waals surface area contributed by atoms with Crippen LogP contribution in [0.4, 0.5) is 18.9 Å². The first kappa shape index (κ1) is 21.4. The van der Waals surface area contributed by atoms with Crippen LogP contribution in [0.2, 0.25) is 0 Å². The second kappa shape index (κ2) is 8.59. The minimum absolute atomic E-state index is 0.0732. The Morgan fingerprint density at radius 3 is 2.29 bits per heavy atom. The number of hydrogen-bond acceptors (Lipinski definition) is 4. The largest absolute Gasteiger partial charge is 0.417 e. The summed E-state index contributed by atoms with van der Waals surface area (Å²) in [5, 5.41) is 8.06. The van der Waals surface area contributed by atoms with E-state index in [-0.39, 0.29) is 11.7 Å². The number of nitrogens with two attached hydrogens (primary N) is 1. The molecule has 1 saturated heterocycles. The number of nitrogens with zero attached hydrogens (tertiary/aromatic N) is 1. The van der Waals surface area contributed by atoms with Crippen LogP contribution in [0.3, 0.4) is 0 Å². The van der Waals surface area contributed by atoms with E-state index < -0.39 is 26.7 Å². The van der Waals surface area contributed by atoms with Crippen LogP contribution in [0.25, 0.3) is 0 Å². The van der Waals surface area contributed by atoms with Gasteiger partial charge in [-0.15, -0.1) is 0 Å². The average Bonchev–Trinajstić information content (AvgIpc) is 2.63. The predicted octanol–water partition coefficient (Wildman–Crippen LogP) is 3.81. The maximum absolute atomic E-state index is 13.3. The van der Waals surface area contributed by atoms with Crippen LogP contribution in [0.1, 0.15) is 50.5 Å². The molecular weight excluding hydrogens is 391 g/mol. The van der Waals surface area contributed by atoms with Crippen molar-refractivity contribution in [3.05, 3.63) is 23.8 Å². The Bertz CT molecular complexity index is 769. The zero-order valence-corrected chi connectivity index (χ0v) is 16.7. The molecule has 2 fully saturated rings. The molecule has 3 rings (SSSR count). The molecule has 1 heterocycles. The molecule has 1 aromatic rings. The quantitative estimate of drug-likeness (QED) is 0.761. The van der Waals surface area contributed by atoms with Gasteiger partial charge in [0.05, 0.1) is 10.5 Å². The molecule has 0 atom stereocenters. The number of piperidine rings is 1. The van der Waals surface area contributed by atoms with Gasteiger partial charge in [0.1, 0.15) is 0 Å². The van der Waals surface area contributed by atoms with Crippen LogP contribution in [0, 0.1) is 5.92 Å².